The van der Waals surface area contributed by atoms with Crippen LogP contribution in [0, 0.1) is 15.9 Å². The molecule has 0 aliphatic carbocycles. The maximum atomic E-state index is 13.2. The molecule has 2 rings (SSSR count). The fraction of sp³-hybridized carbons (Fsp3) is 0.0714. The van der Waals surface area contributed by atoms with Gasteiger partial charge in [0, 0.05) is 24.2 Å². The Hall–Kier alpha value is -2.96. The highest BCUT2D eigenvalue weighted by Crippen LogP contribution is 2.25. The molecule has 0 unspecified atom stereocenters. The number of rotatable bonds is 5. The van der Waals surface area contributed by atoms with Crippen LogP contribution in [0.4, 0.5) is 15.8 Å². The fourth-order valence-electron chi connectivity index (χ4n) is 1.84. The minimum absolute atomic E-state index is 0.0736. The molecule has 1 amide bonds. The van der Waals surface area contributed by atoms with Crippen LogP contribution in [0.5, 0.6) is 0 Å². The summed E-state index contributed by atoms with van der Waals surface area (Å²) in [4.78, 5) is 21.4. The number of nitrogens with two attached hydrogens (primary N) is 1. The van der Waals surface area contributed by atoms with Gasteiger partial charge in [-0.2, -0.15) is 0 Å². The van der Waals surface area contributed by atoms with Crippen molar-refractivity contribution in [2.45, 2.75) is 6.54 Å². The topological polar surface area (TPSA) is 98.3 Å². The molecule has 0 fully saturated rings. The van der Waals surface area contributed by atoms with Crippen molar-refractivity contribution < 1.29 is 14.1 Å². The molecule has 0 aliphatic rings. The summed E-state index contributed by atoms with van der Waals surface area (Å²) >= 11 is 0. The summed E-state index contributed by atoms with van der Waals surface area (Å²) < 4.78 is 13.2. The maximum absolute atomic E-state index is 13.2. The minimum Gasteiger partial charge on any atom is -0.375 e. The molecule has 0 saturated heterocycles. The van der Waals surface area contributed by atoms with Gasteiger partial charge < -0.3 is 11.1 Å². The molecule has 2 aromatic carbocycles. The normalized spacial score (nSPS) is 10.1. The number of hydrogen-bond acceptors (Lipinski definition) is 4. The van der Waals surface area contributed by atoms with E-state index in [1.54, 1.807) is 24.3 Å². The summed E-state index contributed by atoms with van der Waals surface area (Å²) in [6.07, 6.45) is 0. The van der Waals surface area contributed by atoms with Gasteiger partial charge >= 0.3 is 0 Å². The van der Waals surface area contributed by atoms with Crippen LogP contribution in [0.25, 0.3) is 0 Å². The second-order valence-corrected chi connectivity index (χ2v) is 4.34. The zero-order valence-electron chi connectivity index (χ0n) is 10.9. The number of nitro groups is 1. The lowest BCUT2D eigenvalue weighted by Crippen LogP contribution is -2.11. The number of anilines is 1. The molecule has 21 heavy (non-hydrogen) atoms. The van der Waals surface area contributed by atoms with E-state index in [9.17, 15) is 19.3 Å². The molecule has 7 heteroatoms. The molecule has 0 heterocycles. The van der Waals surface area contributed by atoms with Crippen molar-refractivity contribution >= 4 is 17.3 Å². The van der Waals surface area contributed by atoms with Gasteiger partial charge in [-0.3, -0.25) is 14.9 Å². The summed E-state index contributed by atoms with van der Waals surface area (Å²) in [5.41, 5.74) is 6.06. The number of halogens is 1. The molecular formula is C14H12FN3O3. The Balaban J connectivity index is 2.20. The van der Waals surface area contributed by atoms with E-state index in [-0.39, 0.29) is 17.9 Å². The highest BCUT2D eigenvalue weighted by Gasteiger charge is 2.14. The number of benzene rings is 2. The highest BCUT2D eigenvalue weighted by molar-refractivity contribution is 5.92. The van der Waals surface area contributed by atoms with Gasteiger partial charge in [0.15, 0.2) is 0 Å². The average molecular weight is 289 g/mol. The SMILES string of the molecule is NC(=O)c1cccc(CNc2cc(F)ccc2[N+](=O)[O-])c1. The van der Waals surface area contributed by atoms with E-state index in [2.05, 4.69) is 5.32 Å². The lowest BCUT2D eigenvalue weighted by Gasteiger charge is -2.08. The Bertz CT molecular complexity index is 704. The molecule has 2 aromatic rings. The summed E-state index contributed by atoms with van der Waals surface area (Å²) in [6.45, 7) is 0.200. The van der Waals surface area contributed by atoms with Gasteiger partial charge in [0.05, 0.1) is 4.92 Å². The van der Waals surface area contributed by atoms with Crippen LogP contribution in [0.1, 0.15) is 15.9 Å². The predicted molar refractivity (Wildman–Crippen MR) is 75.3 cm³/mol. The molecular weight excluding hydrogens is 277 g/mol. The first-order chi connectivity index (χ1) is 9.97. The molecule has 0 aliphatic heterocycles. The molecule has 0 atom stereocenters. The molecule has 3 N–H and O–H groups in total. The van der Waals surface area contributed by atoms with Gasteiger partial charge in [-0.15, -0.1) is 0 Å². The summed E-state index contributed by atoms with van der Waals surface area (Å²) in [7, 11) is 0. The predicted octanol–water partition coefficient (Wildman–Crippen LogP) is 2.44. The van der Waals surface area contributed by atoms with Crippen molar-refractivity contribution in [2.75, 3.05) is 5.32 Å². The van der Waals surface area contributed by atoms with E-state index >= 15 is 0 Å². The summed E-state index contributed by atoms with van der Waals surface area (Å²) in [5.74, 6) is -1.14. The van der Waals surface area contributed by atoms with Crippen LogP contribution >= 0.6 is 0 Å². The van der Waals surface area contributed by atoms with E-state index in [1.165, 1.54) is 0 Å². The number of hydrogen-bond donors (Lipinski definition) is 2. The Kier molecular flexibility index (Phi) is 4.13. The monoisotopic (exact) mass is 289 g/mol. The number of primary amides is 1. The lowest BCUT2D eigenvalue weighted by molar-refractivity contribution is -0.384. The number of nitro benzene ring substituents is 1. The zero-order chi connectivity index (χ0) is 15.4. The van der Waals surface area contributed by atoms with Crippen molar-refractivity contribution in [1.29, 1.82) is 0 Å². The minimum atomic E-state index is -0.596. The number of nitrogens with zero attached hydrogens (tertiary/aromatic N) is 1. The van der Waals surface area contributed by atoms with Gasteiger partial charge in [0.25, 0.3) is 5.69 Å². The third-order valence-corrected chi connectivity index (χ3v) is 2.85. The van der Waals surface area contributed by atoms with Crippen LogP contribution in [0.15, 0.2) is 42.5 Å². The molecule has 0 saturated carbocycles. The second-order valence-electron chi connectivity index (χ2n) is 4.34. The Morgan fingerprint density at radius 1 is 1.29 bits per heavy atom. The van der Waals surface area contributed by atoms with Crippen molar-refractivity contribution in [3.63, 3.8) is 0 Å². The van der Waals surface area contributed by atoms with E-state index in [1.807, 2.05) is 0 Å². The second kappa shape index (κ2) is 6.00. The van der Waals surface area contributed by atoms with Crippen LogP contribution in [0.3, 0.4) is 0 Å². The first-order valence-electron chi connectivity index (χ1n) is 6.04. The lowest BCUT2D eigenvalue weighted by atomic mass is 10.1. The number of nitrogens with one attached hydrogen (secondary N) is 1. The van der Waals surface area contributed by atoms with Crippen LogP contribution in [0.2, 0.25) is 0 Å². The molecule has 0 aromatic heterocycles. The molecule has 6 nitrogen and oxygen atoms in total. The fourth-order valence-corrected chi connectivity index (χ4v) is 1.84. The van der Waals surface area contributed by atoms with Gasteiger partial charge in [0.1, 0.15) is 11.5 Å². The Morgan fingerprint density at radius 2 is 2.05 bits per heavy atom. The van der Waals surface area contributed by atoms with E-state index in [0.29, 0.717) is 11.1 Å². The van der Waals surface area contributed by atoms with Crippen molar-refractivity contribution in [1.82, 2.24) is 0 Å². The molecule has 108 valence electrons. The smallest absolute Gasteiger partial charge is 0.292 e. The number of carbonyl (C=O) groups excluding carboxylic acids is 1. The summed E-state index contributed by atoms with van der Waals surface area (Å²) in [6, 6.07) is 9.68. The van der Waals surface area contributed by atoms with Crippen LogP contribution in [-0.2, 0) is 6.54 Å². The van der Waals surface area contributed by atoms with Crippen LogP contribution < -0.4 is 11.1 Å². The van der Waals surface area contributed by atoms with Gasteiger partial charge in [-0.25, -0.2) is 4.39 Å². The molecule has 0 bridgehead atoms. The Morgan fingerprint density at radius 3 is 2.71 bits per heavy atom. The standard InChI is InChI=1S/C14H12FN3O3/c15-11-4-5-13(18(20)21)12(7-11)17-8-9-2-1-3-10(6-9)14(16)19/h1-7,17H,8H2,(H2,16,19). The van der Waals surface area contributed by atoms with Gasteiger partial charge in [-0.05, 0) is 23.8 Å². The van der Waals surface area contributed by atoms with Gasteiger partial charge in [-0.1, -0.05) is 12.1 Å². The molecule has 0 spiro atoms. The largest absolute Gasteiger partial charge is 0.375 e. The van der Waals surface area contributed by atoms with Gasteiger partial charge in [0.2, 0.25) is 5.91 Å². The van der Waals surface area contributed by atoms with Crippen molar-refractivity contribution in [3.8, 4) is 0 Å². The van der Waals surface area contributed by atoms with Crippen molar-refractivity contribution in [3.05, 3.63) is 69.5 Å². The Labute approximate surface area is 119 Å². The van der Waals surface area contributed by atoms with E-state index in [4.69, 9.17) is 5.73 Å². The van der Waals surface area contributed by atoms with Crippen LogP contribution in [-0.4, -0.2) is 10.8 Å². The summed E-state index contributed by atoms with van der Waals surface area (Å²) in [5, 5.41) is 13.7. The quantitative estimate of drug-likeness (QED) is 0.652. The third kappa shape index (κ3) is 3.53. The van der Waals surface area contributed by atoms with Crippen molar-refractivity contribution in [2.24, 2.45) is 5.73 Å². The average Bonchev–Trinajstić information content (AvgIpc) is 2.45. The third-order valence-electron chi connectivity index (χ3n) is 2.85. The number of carbonyl (C=O) groups is 1. The van der Waals surface area contributed by atoms with E-state index in [0.717, 1.165) is 18.2 Å². The maximum Gasteiger partial charge on any atom is 0.292 e. The van der Waals surface area contributed by atoms with E-state index < -0.39 is 16.6 Å². The first-order valence-corrected chi connectivity index (χ1v) is 6.04. The first kappa shape index (κ1) is 14.4. The number of amides is 1. The molecule has 0 radical (unpaired) electrons. The highest BCUT2D eigenvalue weighted by atomic mass is 19.1. The zero-order valence-corrected chi connectivity index (χ0v) is 10.9.